The lowest BCUT2D eigenvalue weighted by Crippen LogP contribution is -2.26. The second-order valence-corrected chi connectivity index (χ2v) is 15.6. The minimum Gasteiger partial charge on any atom is -0.454 e. The van der Waals surface area contributed by atoms with Gasteiger partial charge in [0, 0.05) is 27.4 Å². The monoisotopic (exact) mass is 689 g/mol. The molecule has 3 aliphatic carbocycles. The zero-order chi connectivity index (χ0) is 35.8. The van der Waals surface area contributed by atoms with Crippen LogP contribution in [0.3, 0.4) is 0 Å². The third kappa shape index (κ3) is 3.60. The summed E-state index contributed by atoms with van der Waals surface area (Å²) in [7, 11) is 0. The van der Waals surface area contributed by atoms with E-state index < -0.39 is 5.41 Å². The van der Waals surface area contributed by atoms with Gasteiger partial charge in [-0.25, -0.2) is 0 Å². The number of hydrogen-bond donors (Lipinski definition) is 0. The molecule has 2 heteroatoms. The molecule has 0 saturated carbocycles. The molecule has 0 N–H and O–H groups in total. The molecule has 54 heavy (non-hydrogen) atoms. The molecule has 0 radical (unpaired) electrons. The van der Waals surface area contributed by atoms with Crippen LogP contribution in [0.15, 0.2) is 180 Å². The molecule has 0 unspecified atom stereocenters. The number of nitrogens with zero attached hydrogens (tertiary/aromatic N) is 1. The Morgan fingerprint density at radius 2 is 0.926 bits per heavy atom. The van der Waals surface area contributed by atoms with Crippen molar-refractivity contribution in [1.29, 1.82) is 0 Å². The SMILES string of the molecule is CC1(C)c2ccccc2-c2ccc(N(c3cccc4c3-c3ccccc3C43c4ccccc4-c4ccccc43)c3cccc4c3oc3ccccc34)cc21. The predicted octanol–water partition coefficient (Wildman–Crippen LogP) is 13.7. The maximum Gasteiger partial charge on any atom is 0.159 e. The van der Waals surface area contributed by atoms with Gasteiger partial charge in [-0.15, -0.1) is 0 Å². The van der Waals surface area contributed by atoms with Crippen molar-refractivity contribution in [2.24, 2.45) is 0 Å². The van der Waals surface area contributed by atoms with Crippen molar-refractivity contribution in [1.82, 2.24) is 0 Å². The molecule has 3 aliphatic rings. The molecule has 0 amide bonds. The van der Waals surface area contributed by atoms with Crippen molar-refractivity contribution >= 4 is 39.0 Å². The normalized spacial score (nSPS) is 14.8. The topological polar surface area (TPSA) is 16.4 Å². The fourth-order valence-electron chi connectivity index (χ4n) is 10.5. The van der Waals surface area contributed by atoms with E-state index in [1.54, 1.807) is 0 Å². The molecule has 0 aliphatic heterocycles. The molecule has 0 fully saturated rings. The molecule has 0 atom stereocenters. The Kier molecular flexibility index (Phi) is 5.81. The summed E-state index contributed by atoms with van der Waals surface area (Å²) in [4.78, 5) is 2.48. The molecule has 254 valence electrons. The third-order valence-electron chi connectivity index (χ3n) is 12.7. The van der Waals surface area contributed by atoms with Gasteiger partial charge in [0.05, 0.1) is 16.8 Å². The number of furan rings is 1. The van der Waals surface area contributed by atoms with Crippen molar-refractivity contribution in [2.75, 3.05) is 4.90 Å². The highest BCUT2D eigenvalue weighted by Gasteiger charge is 2.52. The first-order valence-electron chi connectivity index (χ1n) is 18.9. The van der Waals surface area contributed by atoms with Crippen LogP contribution in [0.5, 0.6) is 0 Å². The Morgan fingerprint density at radius 3 is 1.67 bits per heavy atom. The van der Waals surface area contributed by atoms with Gasteiger partial charge in [-0.05, 0) is 91.5 Å². The summed E-state index contributed by atoms with van der Waals surface area (Å²) in [5.41, 5.74) is 20.3. The lowest BCUT2D eigenvalue weighted by Gasteiger charge is -2.32. The van der Waals surface area contributed by atoms with E-state index in [9.17, 15) is 0 Å². The van der Waals surface area contributed by atoms with E-state index in [0.717, 1.165) is 39.0 Å². The highest BCUT2D eigenvalue weighted by Crippen LogP contribution is 2.65. The quantitative estimate of drug-likeness (QED) is 0.184. The second-order valence-electron chi connectivity index (χ2n) is 15.6. The summed E-state index contributed by atoms with van der Waals surface area (Å²) >= 11 is 0. The number of fused-ring (bicyclic) bond motifs is 16. The average Bonchev–Trinajstić information content (AvgIpc) is 3.91. The van der Waals surface area contributed by atoms with Crippen LogP contribution in [0.25, 0.3) is 55.3 Å². The van der Waals surface area contributed by atoms with Crippen molar-refractivity contribution in [3.63, 3.8) is 0 Å². The summed E-state index contributed by atoms with van der Waals surface area (Å²) in [5.74, 6) is 0. The zero-order valence-corrected chi connectivity index (χ0v) is 30.1. The molecule has 1 heterocycles. The molecule has 0 bridgehead atoms. The maximum atomic E-state index is 6.83. The van der Waals surface area contributed by atoms with Crippen LogP contribution in [0.4, 0.5) is 17.1 Å². The highest BCUT2D eigenvalue weighted by molar-refractivity contribution is 6.11. The minimum absolute atomic E-state index is 0.147. The molecule has 0 saturated heterocycles. The molecule has 1 spiro atoms. The zero-order valence-electron chi connectivity index (χ0n) is 30.1. The lowest BCUT2D eigenvalue weighted by atomic mass is 9.70. The Bertz CT molecular complexity index is 3010. The Morgan fingerprint density at radius 1 is 0.407 bits per heavy atom. The maximum absolute atomic E-state index is 6.83. The first kappa shape index (κ1) is 29.9. The molecule has 9 aromatic rings. The van der Waals surface area contributed by atoms with E-state index in [4.69, 9.17) is 4.42 Å². The molecule has 2 nitrogen and oxygen atoms in total. The van der Waals surface area contributed by atoms with Gasteiger partial charge in [0.1, 0.15) is 5.58 Å². The van der Waals surface area contributed by atoms with E-state index in [1.807, 2.05) is 0 Å². The predicted molar refractivity (Wildman–Crippen MR) is 222 cm³/mol. The van der Waals surface area contributed by atoms with Crippen LogP contribution in [0.2, 0.25) is 0 Å². The van der Waals surface area contributed by atoms with Gasteiger partial charge in [-0.3, -0.25) is 0 Å². The van der Waals surface area contributed by atoms with Crippen LogP contribution < -0.4 is 4.90 Å². The fraction of sp³-hybridized carbons (Fsp3) is 0.0769. The standard InChI is InChI=1S/C52H35NO/c1-51(2)40-21-8-3-15-33(40)36-30-29-32(31-45(36)51)53(47-27-13-20-38-37-18-7-12-28-48(37)54-50(38)47)46-26-14-25-44-49(46)39-19-6-11-24-43(39)52(44)41-22-9-4-16-34(41)35-17-5-10-23-42(35)52/h3-31H,1-2H3. The summed E-state index contributed by atoms with van der Waals surface area (Å²) in [5, 5.41) is 2.24. The van der Waals surface area contributed by atoms with Gasteiger partial charge >= 0.3 is 0 Å². The Labute approximate surface area is 314 Å². The first-order valence-corrected chi connectivity index (χ1v) is 18.9. The van der Waals surface area contributed by atoms with Crippen LogP contribution >= 0.6 is 0 Å². The molecule has 1 aromatic heterocycles. The van der Waals surface area contributed by atoms with E-state index >= 15 is 0 Å². The summed E-state index contributed by atoms with van der Waals surface area (Å²) < 4.78 is 6.83. The van der Waals surface area contributed by atoms with Gasteiger partial charge in [0.15, 0.2) is 5.58 Å². The molecule has 12 rings (SSSR count). The summed E-state index contributed by atoms with van der Waals surface area (Å²) in [6, 6.07) is 65.1. The van der Waals surface area contributed by atoms with Gasteiger partial charge < -0.3 is 9.32 Å². The smallest absolute Gasteiger partial charge is 0.159 e. The van der Waals surface area contributed by atoms with Crippen LogP contribution in [-0.2, 0) is 10.8 Å². The van der Waals surface area contributed by atoms with Gasteiger partial charge in [-0.1, -0.05) is 159 Å². The van der Waals surface area contributed by atoms with Gasteiger partial charge in [-0.2, -0.15) is 0 Å². The molecule has 8 aromatic carbocycles. The molecular weight excluding hydrogens is 655 g/mol. The lowest BCUT2D eigenvalue weighted by molar-refractivity contribution is 0.660. The second kappa shape index (κ2) is 10.5. The minimum atomic E-state index is -0.437. The fourth-order valence-corrected chi connectivity index (χ4v) is 10.5. The van der Waals surface area contributed by atoms with Crippen LogP contribution in [0, 0.1) is 0 Å². The van der Waals surface area contributed by atoms with Gasteiger partial charge in [0.2, 0.25) is 0 Å². The number of benzene rings is 8. The van der Waals surface area contributed by atoms with E-state index in [2.05, 4.69) is 195 Å². The largest absolute Gasteiger partial charge is 0.454 e. The number of hydrogen-bond acceptors (Lipinski definition) is 2. The van der Waals surface area contributed by atoms with E-state index in [0.29, 0.717) is 0 Å². The van der Waals surface area contributed by atoms with Crippen molar-refractivity contribution in [3.05, 3.63) is 209 Å². The third-order valence-corrected chi connectivity index (χ3v) is 12.7. The van der Waals surface area contributed by atoms with Crippen molar-refractivity contribution in [2.45, 2.75) is 24.7 Å². The Balaban J connectivity index is 1.19. The Hall–Kier alpha value is -6.64. The molecular formula is C52H35NO. The number of rotatable bonds is 3. The summed E-state index contributed by atoms with van der Waals surface area (Å²) in [6.07, 6.45) is 0. The first-order chi connectivity index (χ1) is 26.6. The highest BCUT2D eigenvalue weighted by atomic mass is 16.3. The number of anilines is 3. The van der Waals surface area contributed by atoms with Crippen molar-refractivity contribution in [3.8, 4) is 33.4 Å². The van der Waals surface area contributed by atoms with Crippen LogP contribution in [0.1, 0.15) is 47.2 Å². The van der Waals surface area contributed by atoms with Gasteiger partial charge in [0.25, 0.3) is 0 Å². The van der Waals surface area contributed by atoms with Crippen LogP contribution in [-0.4, -0.2) is 0 Å². The summed E-state index contributed by atoms with van der Waals surface area (Å²) in [6.45, 7) is 4.72. The van der Waals surface area contributed by atoms with E-state index in [-0.39, 0.29) is 5.41 Å². The average molecular weight is 690 g/mol. The van der Waals surface area contributed by atoms with E-state index in [1.165, 1.54) is 66.8 Å². The van der Waals surface area contributed by atoms with Crippen molar-refractivity contribution < 1.29 is 4.42 Å². The number of para-hydroxylation sites is 2.